The lowest BCUT2D eigenvalue weighted by molar-refractivity contribution is -0.121. The molecule has 0 aliphatic carbocycles. The number of thiophene rings is 1. The fraction of sp³-hybridized carbons (Fsp3) is 0.481. The summed E-state index contributed by atoms with van der Waals surface area (Å²) >= 11 is 1.73. The van der Waals surface area contributed by atoms with Gasteiger partial charge in [0, 0.05) is 30.5 Å². The molecule has 0 unspecified atom stereocenters. The zero-order valence-electron chi connectivity index (χ0n) is 21.1. The lowest BCUT2D eigenvalue weighted by atomic mass is 9.95. The Morgan fingerprint density at radius 3 is 2.36 bits per heavy atom. The Labute approximate surface area is 202 Å². The van der Waals surface area contributed by atoms with E-state index < -0.39 is 0 Å². The molecular formula is C27H38N2O3S. The van der Waals surface area contributed by atoms with Gasteiger partial charge in [-0.25, -0.2) is 0 Å². The van der Waals surface area contributed by atoms with Crippen LogP contribution >= 0.6 is 11.3 Å². The summed E-state index contributed by atoms with van der Waals surface area (Å²) in [6, 6.07) is 4.11. The summed E-state index contributed by atoms with van der Waals surface area (Å²) in [5, 5.41) is 11.5. The van der Waals surface area contributed by atoms with Gasteiger partial charge in [0.15, 0.2) is 0 Å². The average Bonchev–Trinajstić information content (AvgIpc) is 3.02. The van der Waals surface area contributed by atoms with Gasteiger partial charge in [-0.2, -0.15) is 0 Å². The van der Waals surface area contributed by atoms with Crippen LogP contribution in [0.2, 0.25) is 0 Å². The summed E-state index contributed by atoms with van der Waals surface area (Å²) in [7, 11) is 1.75. The van der Waals surface area contributed by atoms with Crippen molar-refractivity contribution in [3.8, 4) is 0 Å². The van der Waals surface area contributed by atoms with E-state index in [-0.39, 0.29) is 19.1 Å². The van der Waals surface area contributed by atoms with Crippen LogP contribution in [0.1, 0.15) is 63.4 Å². The largest absolute Gasteiger partial charge is 0.438 e. The molecule has 1 heterocycles. The molecule has 1 amide bonds. The number of aliphatic hydroxyl groups excluding tert-OH is 1. The van der Waals surface area contributed by atoms with Crippen LogP contribution < -0.4 is 5.32 Å². The molecule has 5 nitrogen and oxygen atoms in total. The average molecular weight is 471 g/mol. The normalized spacial score (nSPS) is 11.7. The highest BCUT2D eigenvalue weighted by Crippen LogP contribution is 2.32. The second kappa shape index (κ2) is 12.1. The van der Waals surface area contributed by atoms with E-state index in [9.17, 15) is 4.79 Å². The monoisotopic (exact) mass is 470 g/mol. The van der Waals surface area contributed by atoms with Crippen LogP contribution in [0.25, 0.3) is 5.76 Å². The van der Waals surface area contributed by atoms with E-state index in [4.69, 9.17) is 9.84 Å². The molecule has 180 valence electrons. The molecule has 0 saturated heterocycles. The van der Waals surface area contributed by atoms with Crippen molar-refractivity contribution >= 4 is 28.9 Å². The molecule has 0 bridgehead atoms. The number of hydrogen-bond donors (Lipinski definition) is 2. The minimum atomic E-state index is -0.0538. The van der Waals surface area contributed by atoms with Crippen molar-refractivity contribution in [3.05, 3.63) is 61.8 Å². The van der Waals surface area contributed by atoms with E-state index in [0.717, 1.165) is 33.6 Å². The third-order valence-corrected chi connectivity index (χ3v) is 6.99. The fourth-order valence-electron chi connectivity index (χ4n) is 4.04. The minimum absolute atomic E-state index is 0.0484. The number of hydrogen-bond acceptors (Lipinski definition) is 5. The van der Waals surface area contributed by atoms with E-state index >= 15 is 0 Å². The van der Waals surface area contributed by atoms with Crippen LogP contribution in [0.5, 0.6) is 0 Å². The number of aryl methyl sites for hydroxylation is 3. The maximum absolute atomic E-state index is 11.9. The lowest BCUT2D eigenvalue weighted by Gasteiger charge is -2.15. The quantitative estimate of drug-likeness (QED) is 0.282. The van der Waals surface area contributed by atoms with Gasteiger partial charge in [0.05, 0.1) is 11.5 Å². The molecule has 2 N–H and O–H groups in total. The van der Waals surface area contributed by atoms with E-state index in [0.29, 0.717) is 30.4 Å². The number of aliphatic imine (C=N–C) groups is 1. The second-order valence-electron chi connectivity index (χ2n) is 8.91. The second-order valence-corrected chi connectivity index (χ2v) is 10.1. The topological polar surface area (TPSA) is 70.9 Å². The number of nitrogens with one attached hydrogen (secondary N) is 1. The smallest absolute Gasteiger partial charge is 0.232 e. The third-order valence-electron chi connectivity index (χ3n) is 5.76. The Hall–Kier alpha value is -2.44. The molecule has 0 aliphatic rings. The summed E-state index contributed by atoms with van der Waals surface area (Å²) in [5.41, 5.74) is 6.89. The highest BCUT2D eigenvalue weighted by Gasteiger charge is 2.20. The van der Waals surface area contributed by atoms with Crippen LogP contribution in [0, 0.1) is 33.6 Å². The predicted octanol–water partition coefficient (Wildman–Crippen LogP) is 5.29. The number of rotatable bonds is 10. The molecule has 0 fully saturated rings. The highest BCUT2D eigenvalue weighted by atomic mass is 32.1. The predicted molar refractivity (Wildman–Crippen MR) is 139 cm³/mol. The molecule has 6 heteroatoms. The van der Waals surface area contributed by atoms with Gasteiger partial charge in [-0.05, 0) is 86.4 Å². The summed E-state index contributed by atoms with van der Waals surface area (Å²) in [6.45, 7) is 17.3. The van der Waals surface area contributed by atoms with Gasteiger partial charge in [-0.1, -0.05) is 20.4 Å². The van der Waals surface area contributed by atoms with Crippen molar-refractivity contribution in [2.45, 2.75) is 60.8 Å². The lowest BCUT2D eigenvalue weighted by Crippen LogP contribution is -2.26. The number of ether oxygens (including phenoxy) is 1. The van der Waals surface area contributed by atoms with Gasteiger partial charge < -0.3 is 15.2 Å². The fourth-order valence-corrected chi connectivity index (χ4v) is 5.20. The first-order valence-corrected chi connectivity index (χ1v) is 12.3. The number of benzene rings is 1. The van der Waals surface area contributed by atoms with Crippen LogP contribution in [-0.2, 0) is 22.4 Å². The highest BCUT2D eigenvalue weighted by molar-refractivity contribution is 7.14. The summed E-state index contributed by atoms with van der Waals surface area (Å²) in [5.74, 6) is 1.69. The van der Waals surface area contributed by atoms with Crippen LogP contribution in [-0.4, -0.2) is 37.1 Å². The van der Waals surface area contributed by atoms with Crippen molar-refractivity contribution < 1.29 is 14.6 Å². The van der Waals surface area contributed by atoms with Gasteiger partial charge in [0.25, 0.3) is 0 Å². The van der Waals surface area contributed by atoms with Gasteiger partial charge in [0.2, 0.25) is 11.8 Å². The van der Waals surface area contributed by atoms with Gasteiger partial charge in [0.1, 0.15) is 5.76 Å². The van der Waals surface area contributed by atoms with Gasteiger partial charge in [-0.15, -0.1) is 11.3 Å². The molecule has 0 saturated carbocycles. The molecule has 0 atom stereocenters. The number of aliphatic hydroxyl groups is 1. The van der Waals surface area contributed by atoms with Gasteiger partial charge in [-0.3, -0.25) is 9.79 Å². The van der Waals surface area contributed by atoms with E-state index in [1.165, 1.54) is 16.0 Å². The maximum Gasteiger partial charge on any atom is 0.232 e. The number of carbonyl (C=O) groups is 1. The molecule has 0 radical (unpaired) electrons. The van der Waals surface area contributed by atoms with E-state index in [1.807, 2.05) is 13.8 Å². The van der Waals surface area contributed by atoms with Crippen LogP contribution in [0.15, 0.2) is 23.7 Å². The Bertz CT molecular complexity index is 1010. The Morgan fingerprint density at radius 2 is 1.82 bits per heavy atom. The molecule has 1 aromatic carbocycles. The van der Waals surface area contributed by atoms with E-state index in [2.05, 4.69) is 56.7 Å². The molecule has 2 aromatic rings. The number of nitrogens with zero attached hydrogens (tertiary/aromatic N) is 1. The standard InChI is InChI=1S/C27H38N2O3S/c1-16(2)13-24-19(5)26(33-21(24)7)27(28-8)32-20(6)22-14-17(3)23(18(4)15-22)9-10-25(31)29-11-12-30/h14-16,30H,6,9-13H2,1-5,7-8H3,(H,29,31). The molecular weight excluding hydrogens is 432 g/mol. The number of carbonyl (C=O) groups excluding carboxylic acids is 1. The summed E-state index contributed by atoms with van der Waals surface area (Å²) in [4.78, 5) is 18.7. The van der Waals surface area contributed by atoms with Crippen molar-refractivity contribution in [3.63, 3.8) is 0 Å². The number of amides is 1. The Kier molecular flexibility index (Phi) is 9.87. The third kappa shape index (κ3) is 7.02. The zero-order chi connectivity index (χ0) is 24.7. The van der Waals surface area contributed by atoms with Gasteiger partial charge >= 0.3 is 0 Å². The molecule has 2 rings (SSSR count). The van der Waals surface area contributed by atoms with Crippen LogP contribution in [0.3, 0.4) is 0 Å². The van der Waals surface area contributed by atoms with Crippen molar-refractivity contribution in [2.24, 2.45) is 10.9 Å². The Balaban J connectivity index is 2.18. The first-order chi connectivity index (χ1) is 15.6. The van der Waals surface area contributed by atoms with Crippen molar-refractivity contribution in [1.29, 1.82) is 0 Å². The maximum atomic E-state index is 11.9. The van der Waals surface area contributed by atoms with Crippen molar-refractivity contribution in [2.75, 3.05) is 20.2 Å². The van der Waals surface area contributed by atoms with Crippen LogP contribution in [0.4, 0.5) is 0 Å². The summed E-state index contributed by atoms with van der Waals surface area (Å²) < 4.78 is 6.20. The first-order valence-electron chi connectivity index (χ1n) is 11.5. The SMILES string of the molecule is C=C(OC(=NC)c1sc(C)c(CC(C)C)c1C)c1cc(C)c(CCC(=O)NCCO)c(C)c1. The first kappa shape index (κ1) is 26.8. The molecule has 33 heavy (non-hydrogen) atoms. The molecule has 0 spiro atoms. The Morgan fingerprint density at radius 1 is 1.18 bits per heavy atom. The molecule has 1 aromatic heterocycles. The molecule has 0 aliphatic heterocycles. The minimum Gasteiger partial charge on any atom is -0.438 e. The van der Waals surface area contributed by atoms with Crippen molar-refractivity contribution in [1.82, 2.24) is 5.32 Å². The summed E-state index contributed by atoms with van der Waals surface area (Å²) in [6.07, 6.45) is 2.08. The zero-order valence-corrected chi connectivity index (χ0v) is 21.9. The van der Waals surface area contributed by atoms with E-state index in [1.54, 1.807) is 18.4 Å².